The molecule has 26 heavy (non-hydrogen) atoms. The fraction of sp³-hybridized carbons (Fsp3) is 0.450. The van der Waals surface area contributed by atoms with Gasteiger partial charge < -0.3 is 15.4 Å². The number of ether oxygens (including phenoxy) is 1. The highest BCUT2D eigenvalue weighted by Crippen LogP contribution is 2.16. The molecule has 1 aliphatic rings. The summed E-state index contributed by atoms with van der Waals surface area (Å²) in [5.74, 6) is 0.0656. The second kappa shape index (κ2) is 9.83. The highest BCUT2D eigenvalue weighted by atomic mass is 32.1. The molecule has 6 heteroatoms. The molecule has 2 aromatic rings. The largest absolute Gasteiger partial charge is 0.379 e. The molecule has 0 spiro atoms. The summed E-state index contributed by atoms with van der Waals surface area (Å²) in [5.41, 5.74) is 3.37. The number of nitrogens with zero attached hydrogens (tertiary/aromatic N) is 1. The molecule has 0 atom stereocenters. The molecule has 1 aliphatic heterocycles. The maximum atomic E-state index is 12.2. The van der Waals surface area contributed by atoms with Crippen LogP contribution >= 0.6 is 11.3 Å². The van der Waals surface area contributed by atoms with E-state index in [4.69, 9.17) is 4.74 Å². The van der Waals surface area contributed by atoms with Crippen LogP contribution < -0.4 is 10.6 Å². The molecule has 1 aromatic heterocycles. The number of aryl methyl sites for hydroxylation is 1. The zero-order valence-corrected chi connectivity index (χ0v) is 16.1. The van der Waals surface area contributed by atoms with E-state index in [2.05, 4.69) is 40.0 Å². The Hall–Kier alpha value is -1.73. The van der Waals surface area contributed by atoms with Crippen molar-refractivity contribution in [2.45, 2.75) is 26.4 Å². The minimum absolute atomic E-state index is 0.0656. The third-order valence-electron chi connectivity index (χ3n) is 4.55. The van der Waals surface area contributed by atoms with E-state index in [1.54, 1.807) is 11.3 Å². The van der Waals surface area contributed by atoms with Gasteiger partial charge >= 0.3 is 0 Å². The third-order valence-corrected chi connectivity index (χ3v) is 5.58. The first-order valence-electron chi connectivity index (χ1n) is 9.13. The number of carbonyl (C=O) groups is 1. The first kappa shape index (κ1) is 19.0. The second-order valence-corrected chi connectivity index (χ2v) is 7.58. The Morgan fingerprint density at radius 2 is 2.08 bits per heavy atom. The Balaban J connectivity index is 1.42. The van der Waals surface area contributed by atoms with Crippen molar-refractivity contribution in [1.29, 1.82) is 0 Å². The summed E-state index contributed by atoms with van der Waals surface area (Å²) in [6.07, 6.45) is 0.514. The molecule has 0 bridgehead atoms. The summed E-state index contributed by atoms with van der Waals surface area (Å²) in [7, 11) is 0. The summed E-state index contributed by atoms with van der Waals surface area (Å²) in [6, 6.07) is 10.2. The minimum atomic E-state index is 0.0656. The van der Waals surface area contributed by atoms with Crippen molar-refractivity contribution < 1.29 is 9.53 Å². The van der Waals surface area contributed by atoms with Crippen LogP contribution in [0.1, 0.15) is 22.4 Å². The quantitative estimate of drug-likeness (QED) is 0.747. The Kier molecular flexibility index (Phi) is 7.20. The summed E-state index contributed by atoms with van der Waals surface area (Å²) >= 11 is 1.78. The number of anilines is 1. The van der Waals surface area contributed by atoms with Gasteiger partial charge in [0, 0.05) is 49.7 Å². The molecule has 1 saturated heterocycles. The first-order valence-corrected chi connectivity index (χ1v) is 10.0. The van der Waals surface area contributed by atoms with E-state index in [1.807, 2.05) is 18.2 Å². The molecule has 0 aliphatic carbocycles. The van der Waals surface area contributed by atoms with Crippen molar-refractivity contribution in [3.8, 4) is 0 Å². The van der Waals surface area contributed by atoms with E-state index in [1.165, 1.54) is 16.0 Å². The smallest absolute Gasteiger partial charge is 0.225 e. The van der Waals surface area contributed by atoms with Gasteiger partial charge in [-0.25, -0.2) is 0 Å². The van der Waals surface area contributed by atoms with Crippen LogP contribution in [0.15, 0.2) is 35.7 Å². The molecule has 2 N–H and O–H groups in total. The number of hydrogen-bond acceptors (Lipinski definition) is 5. The van der Waals surface area contributed by atoms with Crippen molar-refractivity contribution in [3.63, 3.8) is 0 Å². The van der Waals surface area contributed by atoms with Gasteiger partial charge in [0.05, 0.1) is 13.2 Å². The lowest BCUT2D eigenvalue weighted by atomic mass is 10.2. The number of nitrogens with one attached hydrogen (secondary N) is 2. The van der Waals surface area contributed by atoms with Gasteiger partial charge in [-0.05, 0) is 41.6 Å². The molecule has 2 heterocycles. The normalized spacial score (nSPS) is 15.1. The van der Waals surface area contributed by atoms with Crippen LogP contribution in [0.4, 0.5) is 5.69 Å². The molecule has 0 saturated carbocycles. The highest BCUT2D eigenvalue weighted by molar-refractivity contribution is 7.10. The van der Waals surface area contributed by atoms with Crippen molar-refractivity contribution in [2.75, 3.05) is 38.2 Å². The average molecular weight is 374 g/mol. The van der Waals surface area contributed by atoms with Crippen molar-refractivity contribution in [3.05, 3.63) is 51.7 Å². The number of thiophene rings is 1. The second-order valence-electron chi connectivity index (χ2n) is 6.58. The standard InChI is InChI=1S/C20H27N3O2S/c1-16-6-12-26-19(16)15-21-14-17-3-2-4-18(13-17)22-20(24)5-7-23-8-10-25-11-9-23/h2-4,6,12-13,21H,5,7-11,14-15H2,1H3,(H,22,24). The summed E-state index contributed by atoms with van der Waals surface area (Å²) in [4.78, 5) is 15.8. The van der Waals surface area contributed by atoms with E-state index < -0.39 is 0 Å². The topological polar surface area (TPSA) is 53.6 Å². The van der Waals surface area contributed by atoms with Gasteiger partial charge in [-0.1, -0.05) is 12.1 Å². The Labute approximate surface area is 159 Å². The maximum Gasteiger partial charge on any atom is 0.225 e. The number of morpholine rings is 1. The number of rotatable bonds is 8. The van der Waals surface area contributed by atoms with Gasteiger partial charge in [-0.15, -0.1) is 11.3 Å². The maximum absolute atomic E-state index is 12.2. The lowest BCUT2D eigenvalue weighted by molar-refractivity contribution is -0.116. The average Bonchev–Trinajstić information content (AvgIpc) is 3.06. The molecule has 1 fully saturated rings. The van der Waals surface area contributed by atoms with Crippen molar-refractivity contribution >= 4 is 22.9 Å². The van der Waals surface area contributed by atoms with E-state index in [0.717, 1.165) is 51.6 Å². The van der Waals surface area contributed by atoms with E-state index in [0.29, 0.717) is 6.42 Å². The summed E-state index contributed by atoms with van der Waals surface area (Å²) in [6.45, 7) is 7.95. The van der Waals surface area contributed by atoms with Gasteiger partial charge in [0.1, 0.15) is 0 Å². The van der Waals surface area contributed by atoms with Gasteiger partial charge in [-0.3, -0.25) is 9.69 Å². The van der Waals surface area contributed by atoms with Crippen LogP contribution in [0.5, 0.6) is 0 Å². The zero-order valence-electron chi connectivity index (χ0n) is 15.3. The summed E-state index contributed by atoms with van der Waals surface area (Å²) < 4.78 is 5.33. The highest BCUT2D eigenvalue weighted by Gasteiger charge is 2.12. The SMILES string of the molecule is Cc1ccsc1CNCc1cccc(NC(=O)CCN2CCOCC2)c1. The number of benzene rings is 1. The predicted octanol–water partition coefficient (Wildman–Crippen LogP) is 3.01. The lowest BCUT2D eigenvalue weighted by Crippen LogP contribution is -2.38. The van der Waals surface area contributed by atoms with Crippen LogP contribution in [0.25, 0.3) is 0 Å². The minimum Gasteiger partial charge on any atom is -0.379 e. The van der Waals surface area contributed by atoms with Crippen LogP contribution in [-0.2, 0) is 22.6 Å². The molecule has 1 aromatic carbocycles. The van der Waals surface area contributed by atoms with Crippen molar-refractivity contribution in [1.82, 2.24) is 10.2 Å². The number of carbonyl (C=O) groups excluding carboxylic acids is 1. The van der Waals surface area contributed by atoms with Crippen molar-refractivity contribution in [2.24, 2.45) is 0 Å². The first-order chi connectivity index (χ1) is 12.7. The molecule has 1 amide bonds. The fourth-order valence-corrected chi connectivity index (χ4v) is 3.85. The van der Waals surface area contributed by atoms with E-state index in [9.17, 15) is 4.79 Å². The fourth-order valence-electron chi connectivity index (χ4n) is 2.97. The van der Waals surface area contributed by atoms with Gasteiger partial charge in [0.2, 0.25) is 5.91 Å². The molecule has 0 unspecified atom stereocenters. The third kappa shape index (κ3) is 5.92. The van der Waals surface area contributed by atoms with Crippen LogP contribution in [0.3, 0.4) is 0 Å². The van der Waals surface area contributed by atoms with E-state index >= 15 is 0 Å². The van der Waals surface area contributed by atoms with E-state index in [-0.39, 0.29) is 5.91 Å². The molecular formula is C20H27N3O2S. The summed E-state index contributed by atoms with van der Waals surface area (Å²) in [5, 5.41) is 8.61. The molecule has 5 nitrogen and oxygen atoms in total. The van der Waals surface area contributed by atoms with Gasteiger partial charge in [0.25, 0.3) is 0 Å². The molecule has 0 radical (unpaired) electrons. The number of amides is 1. The Bertz CT molecular complexity index is 711. The van der Waals surface area contributed by atoms with Crippen LogP contribution in [0, 0.1) is 6.92 Å². The monoisotopic (exact) mass is 373 g/mol. The molecule has 140 valence electrons. The predicted molar refractivity (Wildman–Crippen MR) is 107 cm³/mol. The van der Waals surface area contributed by atoms with Crippen LogP contribution in [0.2, 0.25) is 0 Å². The Morgan fingerprint density at radius 1 is 1.23 bits per heavy atom. The van der Waals surface area contributed by atoms with Crippen LogP contribution in [-0.4, -0.2) is 43.7 Å². The molecular weight excluding hydrogens is 346 g/mol. The lowest BCUT2D eigenvalue weighted by Gasteiger charge is -2.26. The zero-order chi connectivity index (χ0) is 18.2. The number of hydrogen-bond donors (Lipinski definition) is 2. The van der Waals surface area contributed by atoms with Gasteiger partial charge in [-0.2, -0.15) is 0 Å². The van der Waals surface area contributed by atoms with Gasteiger partial charge in [0.15, 0.2) is 0 Å². The molecule has 3 rings (SSSR count). The Morgan fingerprint density at radius 3 is 2.85 bits per heavy atom.